The van der Waals surface area contributed by atoms with Gasteiger partial charge in [-0.3, -0.25) is 4.79 Å². The minimum atomic E-state index is -0.509. The lowest BCUT2D eigenvalue weighted by Crippen LogP contribution is -2.22. The van der Waals surface area contributed by atoms with Gasteiger partial charge in [0.25, 0.3) is 0 Å². The Morgan fingerprint density at radius 3 is 1.92 bits per heavy atom. The van der Waals surface area contributed by atoms with Crippen LogP contribution in [-0.2, 0) is 16.0 Å². The number of rotatable bonds is 5. The molecule has 130 valence electrons. The summed E-state index contributed by atoms with van der Waals surface area (Å²) in [6, 6.07) is 14.8. The van der Waals surface area contributed by atoms with Crippen molar-refractivity contribution < 1.29 is 14.3 Å². The summed E-state index contributed by atoms with van der Waals surface area (Å²) in [6.45, 7) is 7.56. The summed E-state index contributed by atoms with van der Waals surface area (Å²) in [7, 11) is 0. The Bertz CT molecular complexity index is 760. The molecular weight excluding hydrogens is 312 g/mol. The molecule has 0 spiro atoms. The summed E-state index contributed by atoms with van der Waals surface area (Å²) >= 11 is 0. The highest BCUT2D eigenvalue weighted by molar-refractivity contribution is 6.09. The summed E-state index contributed by atoms with van der Waals surface area (Å²) in [5.41, 5.74) is 2.83. The maximum absolute atomic E-state index is 12.5. The first-order valence-corrected chi connectivity index (χ1v) is 8.43. The monoisotopic (exact) mass is 336 g/mol. The second-order valence-electron chi connectivity index (χ2n) is 6.87. The van der Waals surface area contributed by atoms with E-state index in [1.165, 1.54) is 11.6 Å². The molecule has 0 aromatic heterocycles. The molecule has 0 radical (unpaired) electrons. The van der Waals surface area contributed by atoms with E-state index in [2.05, 4.69) is 6.92 Å². The van der Waals surface area contributed by atoms with Gasteiger partial charge in [-0.1, -0.05) is 55.5 Å². The van der Waals surface area contributed by atoms with Crippen LogP contribution in [-0.4, -0.2) is 17.4 Å². The second-order valence-corrected chi connectivity index (χ2v) is 6.87. The third-order valence-corrected chi connectivity index (χ3v) is 3.62. The van der Waals surface area contributed by atoms with E-state index in [9.17, 15) is 9.59 Å². The average Bonchev–Trinajstić information content (AvgIpc) is 2.58. The van der Waals surface area contributed by atoms with E-state index >= 15 is 0 Å². The van der Waals surface area contributed by atoms with E-state index in [0.717, 1.165) is 12.0 Å². The van der Waals surface area contributed by atoms with Gasteiger partial charge in [-0.2, -0.15) is 0 Å². The standard InChI is InChI=1S/C22H24O3/c1-5-16-6-11-18(12-7-16)21(24)19-13-8-17(9-14-19)10-15-20(23)25-22(2,3)4/h6-15H,5H2,1-4H3. The van der Waals surface area contributed by atoms with Crippen LogP contribution in [0.3, 0.4) is 0 Å². The van der Waals surface area contributed by atoms with Crippen LogP contribution in [0.4, 0.5) is 0 Å². The van der Waals surface area contributed by atoms with Crippen molar-refractivity contribution in [2.45, 2.75) is 39.7 Å². The molecule has 0 saturated heterocycles. The third-order valence-electron chi connectivity index (χ3n) is 3.62. The molecule has 0 bridgehead atoms. The highest BCUT2D eigenvalue weighted by Crippen LogP contribution is 2.14. The molecule has 0 unspecified atom stereocenters. The fourth-order valence-electron chi connectivity index (χ4n) is 2.30. The van der Waals surface area contributed by atoms with Crippen molar-refractivity contribution in [2.24, 2.45) is 0 Å². The molecule has 0 fully saturated rings. The number of hydrogen-bond donors (Lipinski definition) is 0. The molecule has 0 aliphatic carbocycles. The third kappa shape index (κ3) is 5.71. The van der Waals surface area contributed by atoms with Crippen LogP contribution >= 0.6 is 0 Å². The van der Waals surface area contributed by atoms with Gasteiger partial charge in [-0.15, -0.1) is 0 Å². The van der Waals surface area contributed by atoms with E-state index in [-0.39, 0.29) is 11.8 Å². The lowest BCUT2D eigenvalue weighted by atomic mass is 10.0. The van der Waals surface area contributed by atoms with E-state index in [1.807, 2.05) is 57.2 Å². The number of esters is 1. The number of ether oxygens (including phenoxy) is 1. The van der Waals surface area contributed by atoms with Crippen LogP contribution in [0.15, 0.2) is 54.6 Å². The van der Waals surface area contributed by atoms with Crippen molar-refractivity contribution in [1.82, 2.24) is 0 Å². The molecule has 2 aromatic rings. The Morgan fingerprint density at radius 1 is 0.920 bits per heavy atom. The highest BCUT2D eigenvalue weighted by atomic mass is 16.6. The molecule has 2 rings (SSSR count). The normalized spacial score (nSPS) is 11.5. The van der Waals surface area contributed by atoms with E-state index in [0.29, 0.717) is 11.1 Å². The lowest BCUT2D eigenvalue weighted by molar-refractivity contribution is -0.148. The zero-order valence-corrected chi connectivity index (χ0v) is 15.2. The summed E-state index contributed by atoms with van der Waals surface area (Å²) in [5, 5.41) is 0. The number of carbonyl (C=O) groups is 2. The molecule has 2 aromatic carbocycles. The average molecular weight is 336 g/mol. The first-order chi connectivity index (χ1) is 11.8. The second kappa shape index (κ2) is 7.93. The quantitative estimate of drug-likeness (QED) is 0.446. The van der Waals surface area contributed by atoms with E-state index in [1.54, 1.807) is 18.2 Å². The molecule has 0 heterocycles. The van der Waals surface area contributed by atoms with Gasteiger partial charge in [-0.05, 0) is 44.4 Å². The van der Waals surface area contributed by atoms with Gasteiger partial charge in [0.1, 0.15) is 5.60 Å². The van der Waals surface area contributed by atoms with Gasteiger partial charge >= 0.3 is 5.97 Å². The minimum absolute atomic E-state index is 0.00896. The summed E-state index contributed by atoms with van der Waals surface area (Å²) in [5.74, 6) is -0.394. The number of ketones is 1. The zero-order chi connectivity index (χ0) is 18.4. The maximum Gasteiger partial charge on any atom is 0.331 e. The molecule has 3 nitrogen and oxygen atoms in total. The minimum Gasteiger partial charge on any atom is -0.457 e. The Labute approximate surface area is 149 Å². The SMILES string of the molecule is CCc1ccc(C(=O)c2ccc(C=CC(=O)OC(C)(C)C)cc2)cc1. The van der Waals surface area contributed by atoms with Crippen molar-refractivity contribution in [2.75, 3.05) is 0 Å². The molecule has 0 aliphatic heterocycles. The Kier molecular flexibility index (Phi) is 5.92. The predicted molar refractivity (Wildman–Crippen MR) is 101 cm³/mol. The van der Waals surface area contributed by atoms with Gasteiger partial charge in [0.2, 0.25) is 0 Å². The number of hydrogen-bond acceptors (Lipinski definition) is 3. The van der Waals surface area contributed by atoms with Gasteiger partial charge in [0.15, 0.2) is 5.78 Å². The van der Waals surface area contributed by atoms with Crippen molar-refractivity contribution in [3.05, 3.63) is 76.9 Å². The molecule has 0 N–H and O–H groups in total. The molecule has 25 heavy (non-hydrogen) atoms. The topological polar surface area (TPSA) is 43.4 Å². The lowest BCUT2D eigenvalue weighted by Gasteiger charge is -2.17. The Morgan fingerprint density at radius 2 is 1.44 bits per heavy atom. The van der Waals surface area contributed by atoms with Crippen LogP contribution in [0.1, 0.15) is 54.7 Å². The predicted octanol–water partition coefficient (Wildman–Crippen LogP) is 4.83. The first kappa shape index (κ1) is 18.7. The van der Waals surface area contributed by atoms with Gasteiger partial charge in [0, 0.05) is 17.2 Å². The smallest absolute Gasteiger partial charge is 0.331 e. The largest absolute Gasteiger partial charge is 0.457 e. The van der Waals surface area contributed by atoms with Gasteiger partial charge in [-0.25, -0.2) is 4.79 Å². The van der Waals surface area contributed by atoms with Crippen LogP contribution in [0.5, 0.6) is 0 Å². The van der Waals surface area contributed by atoms with Crippen LogP contribution in [0.2, 0.25) is 0 Å². The van der Waals surface area contributed by atoms with Crippen LogP contribution in [0.25, 0.3) is 6.08 Å². The molecule has 0 aliphatic rings. The highest BCUT2D eigenvalue weighted by Gasteiger charge is 2.14. The summed E-state index contributed by atoms with van der Waals surface area (Å²) in [4.78, 5) is 24.2. The zero-order valence-electron chi connectivity index (χ0n) is 15.2. The Balaban J connectivity index is 2.06. The van der Waals surface area contributed by atoms with Crippen molar-refractivity contribution in [1.29, 1.82) is 0 Å². The number of aryl methyl sites for hydroxylation is 1. The van der Waals surface area contributed by atoms with Crippen molar-refractivity contribution >= 4 is 17.8 Å². The Hall–Kier alpha value is -2.68. The fourth-order valence-corrected chi connectivity index (χ4v) is 2.30. The molecular formula is C22H24O3. The van der Waals surface area contributed by atoms with Gasteiger partial charge < -0.3 is 4.74 Å². The van der Waals surface area contributed by atoms with Crippen molar-refractivity contribution in [3.8, 4) is 0 Å². The summed E-state index contributed by atoms with van der Waals surface area (Å²) in [6.07, 6.45) is 4.02. The molecule has 0 amide bonds. The van der Waals surface area contributed by atoms with E-state index < -0.39 is 5.60 Å². The fraction of sp³-hybridized carbons (Fsp3) is 0.273. The number of benzene rings is 2. The first-order valence-electron chi connectivity index (χ1n) is 8.43. The van der Waals surface area contributed by atoms with Crippen LogP contribution < -0.4 is 0 Å². The summed E-state index contributed by atoms with van der Waals surface area (Å²) < 4.78 is 5.22. The van der Waals surface area contributed by atoms with E-state index in [4.69, 9.17) is 4.74 Å². The molecule has 0 saturated carbocycles. The molecule has 3 heteroatoms. The van der Waals surface area contributed by atoms with Gasteiger partial charge in [0.05, 0.1) is 0 Å². The maximum atomic E-state index is 12.5. The van der Waals surface area contributed by atoms with Crippen LogP contribution in [0, 0.1) is 0 Å². The number of carbonyl (C=O) groups excluding carboxylic acids is 2. The molecule has 0 atom stereocenters. The van der Waals surface area contributed by atoms with Crippen molar-refractivity contribution in [3.63, 3.8) is 0 Å².